The van der Waals surface area contributed by atoms with Crippen LogP contribution in [0.5, 0.6) is 0 Å². The lowest BCUT2D eigenvalue weighted by Crippen LogP contribution is -2.26. The Kier molecular flexibility index (Phi) is 3.59. The van der Waals surface area contributed by atoms with Crippen molar-refractivity contribution in [3.63, 3.8) is 0 Å². The zero-order valence-corrected chi connectivity index (χ0v) is 10.6. The number of nitrogens with zero attached hydrogens (tertiary/aromatic N) is 1. The minimum atomic E-state index is 0.404. The number of aromatic amines is 1. The number of H-pyrrole nitrogens is 1. The standard InChI is InChI=1S/C14H19N3/c1-4-15-11(3)10(2)8-12-9-17-14-13(12)6-5-7-16-14/h5-9,11,15H,4H2,1-3H3,(H,16,17)/b10-8+. The molecule has 1 atom stereocenters. The van der Waals surface area contributed by atoms with E-state index in [1.807, 2.05) is 12.3 Å². The molecule has 2 aromatic rings. The van der Waals surface area contributed by atoms with E-state index >= 15 is 0 Å². The van der Waals surface area contributed by atoms with Crippen molar-refractivity contribution >= 4 is 17.1 Å². The van der Waals surface area contributed by atoms with Crippen LogP contribution in [0.2, 0.25) is 0 Å². The number of rotatable bonds is 4. The highest BCUT2D eigenvalue weighted by Gasteiger charge is 2.05. The fourth-order valence-corrected chi connectivity index (χ4v) is 1.93. The first-order valence-corrected chi connectivity index (χ1v) is 6.06. The molecule has 0 aromatic carbocycles. The molecule has 0 bridgehead atoms. The lowest BCUT2D eigenvalue weighted by Gasteiger charge is -2.12. The zero-order chi connectivity index (χ0) is 12.3. The van der Waals surface area contributed by atoms with E-state index in [0.717, 1.165) is 12.2 Å². The Balaban J connectivity index is 2.31. The molecular weight excluding hydrogens is 210 g/mol. The van der Waals surface area contributed by atoms with Gasteiger partial charge in [0.1, 0.15) is 5.65 Å². The number of hydrogen-bond acceptors (Lipinski definition) is 2. The maximum atomic E-state index is 4.29. The molecule has 0 saturated heterocycles. The second kappa shape index (κ2) is 5.15. The van der Waals surface area contributed by atoms with Crippen LogP contribution in [0.15, 0.2) is 30.1 Å². The minimum Gasteiger partial charge on any atom is -0.346 e. The molecule has 2 rings (SSSR count). The van der Waals surface area contributed by atoms with E-state index in [2.05, 4.69) is 48.2 Å². The van der Waals surface area contributed by atoms with Gasteiger partial charge >= 0.3 is 0 Å². The van der Waals surface area contributed by atoms with Crippen molar-refractivity contribution in [3.05, 3.63) is 35.7 Å². The molecule has 2 N–H and O–H groups in total. The van der Waals surface area contributed by atoms with Gasteiger partial charge in [-0.2, -0.15) is 0 Å². The molecule has 0 aliphatic heterocycles. The summed E-state index contributed by atoms with van der Waals surface area (Å²) in [6.45, 7) is 7.45. The first-order valence-electron chi connectivity index (χ1n) is 6.06. The number of likely N-dealkylation sites (N-methyl/N-ethyl adjacent to an activating group) is 1. The van der Waals surface area contributed by atoms with Gasteiger partial charge in [-0.25, -0.2) is 4.98 Å². The second-order valence-corrected chi connectivity index (χ2v) is 4.31. The fourth-order valence-electron chi connectivity index (χ4n) is 1.93. The minimum absolute atomic E-state index is 0.404. The lowest BCUT2D eigenvalue weighted by molar-refractivity contribution is 0.636. The first-order chi connectivity index (χ1) is 8.22. The molecular formula is C14H19N3. The summed E-state index contributed by atoms with van der Waals surface area (Å²) in [7, 11) is 0. The van der Waals surface area contributed by atoms with Crippen LogP contribution in [0, 0.1) is 0 Å². The number of aromatic nitrogens is 2. The van der Waals surface area contributed by atoms with Crippen LogP contribution >= 0.6 is 0 Å². The number of fused-ring (bicyclic) bond motifs is 1. The Labute approximate surface area is 102 Å². The monoisotopic (exact) mass is 229 g/mol. The van der Waals surface area contributed by atoms with Crippen molar-refractivity contribution in [2.45, 2.75) is 26.8 Å². The summed E-state index contributed by atoms with van der Waals surface area (Å²) in [5.74, 6) is 0. The van der Waals surface area contributed by atoms with Gasteiger partial charge in [0.2, 0.25) is 0 Å². The van der Waals surface area contributed by atoms with E-state index in [0.29, 0.717) is 6.04 Å². The van der Waals surface area contributed by atoms with Crippen molar-refractivity contribution < 1.29 is 0 Å². The first kappa shape index (κ1) is 11.9. The zero-order valence-electron chi connectivity index (χ0n) is 10.6. The van der Waals surface area contributed by atoms with E-state index in [9.17, 15) is 0 Å². The third-order valence-corrected chi connectivity index (χ3v) is 3.06. The van der Waals surface area contributed by atoms with E-state index < -0.39 is 0 Å². The largest absolute Gasteiger partial charge is 0.346 e. The molecule has 1 unspecified atom stereocenters. The van der Waals surface area contributed by atoms with Crippen molar-refractivity contribution in [3.8, 4) is 0 Å². The van der Waals surface area contributed by atoms with Gasteiger partial charge in [-0.3, -0.25) is 0 Å². The van der Waals surface area contributed by atoms with Gasteiger partial charge < -0.3 is 10.3 Å². The van der Waals surface area contributed by atoms with E-state index in [1.165, 1.54) is 16.5 Å². The highest BCUT2D eigenvalue weighted by atomic mass is 14.9. The van der Waals surface area contributed by atoms with Gasteiger partial charge in [0.15, 0.2) is 0 Å². The quantitative estimate of drug-likeness (QED) is 0.846. The number of pyridine rings is 1. The van der Waals surface area contributed by atoms with Crippen LogP contribution in [-0.2, 0) is 0 Å². The number of hydrogen-bond donors (Lipinski definition) is 2. The van der Waals surface area contributed by atoms with E-state index in [1.54, 1.807) is 6.20 Å². The normalized spacial score (nSPS) is 14.2. The van der Waals surface area contributed by atoms with Gasteiger partial charge in [-0.15, -0.1) is 0 Å². The van der Waals surface area contributed by atoms with Gasteiger partial charge in [0.25, 0.3) is 0 Å². The molecule has 2 heterocycles. The molecule has 3 nitrogen and oxygen atoms in total. The summed E-state index contributed by atoms with van der Waals surface area (Å²) in [5.41, 5.74) is 3.48. The van der Waals surface area contributed by atoms with Crippen LogP contribution in [0.25, 0.3) is 17.1 Å². The third-order valence-electron chi connectivity index (χ3n) is 3.06. The summed E-state index contributed by atoms with van der Waals surface area (Å²) >= 11 is 0. The molecule has 17 heavy (non-hydrogen) atoms. The SMILES string of the molecule is CCNC(C)/C(C)=C/c1c[nH]c2ncccc12. The van der Waals surface area contributed by atoms with Gasteiger partial charge in [0, 0.05) is 29.4 Å². The van der Waals surface area contributed by atoms with Crippen molar-refractivity contribution in [1.29, 1.82) is 0 Å². The maximum Gasteiger partial charge on any atom is 0.137 e. The molecule has 2 aromatic heterocycles. The van der Waals surface area contributed by atoms with E-state index in [-0.39, 0.29) is 0 Å². The molecule has 0 saturated carbocycles. The average molecular weight is 229 g/mol. The van der Waals surface area contributed by atoms with Gasteiger partial charge in [-0.1, -0.05) is 18.6 Å². The molecule has 3 heteroatoms. The third kappa shape index (κ3) is 2.56. The van der Waals surface area contributed by atoms with E-state index in [4.69, 9.17) is 0 Å². The molecule has 0 radical (unpaired) electrons. The Bertz CT molecular complexity index is 525. The molecule has 0 amide bonds. The van der Waals surface area contributed by atoms with Crippen molar-refractivity contribution in [2.75, 3.05) is 6.54 Å². The average Bonchev–Trinajstić information content (AvgIpc) is 2.73. The molecule has 0 fully saturated rings. The van der Waals surface area contributed by atoms with Crippen LogP contribution < -0.4 is 5.32 Å². The Hall–Kier alpha value is -1.61. The highest BCUT2D eigenvalue weighted by Crippen LogP contribution is 2.19. The smallest absolute Gasteiger partial charge is 0.137 e. The second-order valence-electron chi connectivity index (χ2n) is 4.31. The maximum absolute atomic E-state index is 4.29. The van der Waals surface area contributed by atoms with Crippen molar-refractivity contribution in [1.82, 2.24) is 15.3 Å². The van der Waals surface area contributed by atoms with Crippen LogP contribution in [0.3, 0.4) is 0 Å². The molecule has 90 valence electrons. The Morgan fingerprint density at radius 3 is 3.18 bits per heavy atom. The molecule has 0 aliphatic carbocycles. The van der Waals surface area contributed by atoms with Gasteiger partial charge in [0.05, 0.1) is 0 Å². The Morgan fingerprint density at radius 2 is 2.41 bits per heavy atom. The molecule has 0 aliphatic rings. The van der Waals surface area contributed by atoms with Crippen LogP contribution in [0.4, 0.5) is 0 Å². The highest BCUT2D eigenvalue weighted by molar-refractivity contribution is 5.86. The number of nitrogens with one attached hydrogen (secondary N) is 2. The molecule has 0 spiro atoms. The van der Waals surface area contributed by atoms with Crippen molar-refractivity contribution in [2.24, 2.45) is 0 Å². The van der Waals surface area contributed by atoms with Gasteiger partial charge in [-0.05, 0) is 32.5 Å². The fraction of sp³-hybridized carbons (Fsp3) is 0.357. The lowest BCUT2D eigenvalue weighted by atomic mass is 10.1. The summed E-state index contributed by atoms with van der Waals surface area (Å²) in [6, 6.07) is 4.47. The summed E-state index contributed by atoms with van der Waals surface area (Å²) in [6.07, 6.45) is 6.04. The topological polar surface area (TPSA) is 40.7 Å². The summed E-state index contributed by atoms with van der Waals surface area (Å²) in [5, 5.41) is 4.59. The van der Waals surface area contributed by atoms with Crippen LogP contribution in [0.1, 0.15) is 26.3 Å². The Morgan fingerprint density at radius 1 is 1.59 bits per heavy atom. The summed E-state index contributed by atoms with van der Waals surface area (Å²) in [4.78, 5) is 7.48. The van der Waals surface area contributed by atoms with Crippen LogP contribution in [-0.4, -0.2) is 22.6 Å². The predicted molar refractivity (Wildman–Crippen MR) is 72.9 cm³/mol. The predicted octanol–water partition coefficient (Wildman–Crippen LogP) is 2.96. The summed E-state index contributed by atoms with van der Waals surface area (Å²) < 4.78 is 0.